The van der Waals surface area contributed by atoms with E-state index in [2.05, 4.69) is 42.1 Å². The Morgan fingerprint density at radius 3 is 2.32 bits per heavy atom. The predicted octanol–water partition coefficient (Wildman–Crippen LogP) is 4.13. The Bertz CT molecular complexity index is 813. The van der Waals surface area contributed by atoms with E-state index in [4.69, 9.17) is 4.74 Å². The van der Waals surface area contributed by atoms with Crippen LogP contribution in [0.2, 0.25) is 0 Å². The van der Waals surface area contributed by atoms with Gasteiger partial charge in [0, 0.05) is 6.92 Å². The molecular weight excluding hydrogens is 414 g/mol. The van der Waals surface area contributed by atoms with Crippen LogP contribution in [0, 0.1) is 0 Å². The predicted molar refractivity (Wildman–Crippen MR) is 90.8 cm³/mol. The molecule has 0 saturated carbocycles. The lowest BCUT2D eigenvalue weighted by atomic mass is 10.2. The van der Waals surface area contributed by atoms with E-state index in [-0.39, 0.29) is 9.71 Å². The number of alkyl halides is 2. The summed E-state index contributed by atoms with van der Waals surface area (Å²) in [6, 6.07) is 13.0. The standard InChI is InChI=1S/C15H11Br2N3O2/c1-9(21)22-14-7-6-10(15(16)17)8-13(14)20-18-11-4-2-3-5-12(11)19-20/h2-8,15H,1H3. The third kappa shape index (κ3) is 3.05. The molecule has 0 fully saturated rings. The second kappa shape index (κ2) is 6.18. The van der Waals surface area contributed by atoms with Gasteiger partial charge in [-0.2, -0.15) is 0 Å². The Labute approximate surface area is 143 Å². The van der Waals surface area contributed by atoms with E-state index < -0.39 is 0 Å². The SMILES string of the molecule is CC(=O)Oc1ccc(C(Br)Br)cc1-n1nc2ccccc2n1. The number of nitrogens with zero attached hydrogens (tertiary/aromatic N) is 3. The molecule has 22 heavy (non-hydrogen) atoms. The highest BCUT2D eigenvalue weighted by atomic mass is 79.9. The van der Waals surface area contributed by atoms with Crippen LogP contribution in [0.3, 0.4) is 0 Å². The van der Waals surface area contributed by atoms with E-state index in [1.807, 2.05) is 36.4 Å². The first-order chi connectivity index (χ1) is 10.5. The minimum absolute atomic E-state index is 0.0184. The first-order valence-electron chi connectivity index (χ1n) is 6.47. The van der Waals surface area contributed by atoms with Gasteiger partial charge in [-0.05, 0) is 29.8 Å². The number of aromatic nitrogens is 3. The van der Waals surface area contributed by atoms with Crippen LogP contribution in [0.5, 0.6) is 5.75 Å². The topological polar surface area (TPSA) is 57.0 Å². The normalized spacial score (nSPS) is 11.1. The molecule has 0 saturated heterocycles. The lowest BCUT2D eigenvalue weighted by molar-refractivity contribution is -0.131. The molecule has 0 radical (unpaired) electrons. The van der Waals surface area contributed by atoms with Crippen molar-refractivity contribution < 1.29 is 9.53 Å². The van der Waals surface area contributed by atoms with Gasteiger partial charge in [-0.3, -0.25) is 4.79 Å². The van der Waals surface area contributed by atoms with Crippen molar-refractivity contribution >= 4 is 48.9 Å². The van der Waals surface area contributed by atoms with Gasteiger partial charge in [-0.15, -0.1) is 15.0 Å². The van der Waals surface area contributed by atoms with Crippen LogP contribution >= 0.6 is 31.9 Å². The average molecular weight is 425 g/mol. The van der Waals surface area contributed by atoms with Crippen molar-refractivity contribution in [2.45, 2.75) is 10.7 Å². The zero-order valence-corrected chi connectivity index (χ0v) is 14.7. The minimum atomic E-state index is -0.389. The van der Waals surface area contributed by atoms with Gasteiger partial charge in [0.1, 0.15) is 16.7 Å². The molecule has 0 aliphatic carbocycles. The van der Waals surface area contributed by atoms with Crippen molar-refractivity contribution in [1.82, 2.24) is 15.0 Å². The van der Waals surface area contributed by atoms with Crippen molar-refractivity contribution in [1.29, 1.82) is 0 Å². The first-order valence-corrected chi connectivity index (χ1v) is 8.31. The Kier molecular flexibility index (Phi) is 4.26. The van der Waals surface area contributed by atoms with E-state index >= 15 is 0 Å². The fraction of sp³-hybridized carbons (Fsp3) is 0.133. The molecule has 0 bridgehead atoms. The lowest BCUT2D eigenvalue weighted by Crippen LogP contribution is -2.08. The summed E-state index contributed by atoms with van der Waals surface area (Å²) in [6.07, 6.45) is 0. The highest BCUT2D eigenvalue weighted by molar-refractivity contribution is 9.24. The summed E-state index contributed by atoms with van der Waals surface area (Å²) < 4.78 is 5.24. The molecule has 0 amide bonds. The second-order valence-electron chi connectivity index (χ2n) is 4.60. The Morgan fingerprint density at radius 2 is 1.77 bits per heavy atom. The Hall–Kier alpha value is -1.73. The summed E-state index contributed by atoms with van der Waals surface area (Å²) in [5.74, 6) is 0.0251. The third-order valence-corrected chi connectivity index (χ3v) is 4.05. The summed E-state index contributed by atoms with van der Waals surface area (Å²) >= 11 is 6.92. The number of benzene rings is 2. The van der Waals surface area contributed by atoms with Crippen molar-refractivity contribution in [2.24, 2.45) is 0 Å². The number of hydrogen-bond acceptors (Lipinski definition) is 4. The van der Waals surface area contributed by atoms with Crippen LogP contribution in [-0.2, 0) is 4.79 Å². The number of carbonyl (C=O) groups is 1. The molecule has 1 heterocycles. The largest absolute Gasteiger partial charge is 0.424 e. The second-order valence-corrected chi connectivity index (χ2v) is 7.66. The molecule has 0 spiro atoms. The molecule has 3 aromatic rings. The number of esters is 1. The van der Waals surface area contributed by atoms with Gasteiger partial charge in [0.25, 0.3) is 0 Å². The van der Waals surface area contributed by atoms with Crippen LogP contribution in [0.15, 0.2) is 42.5 Å². The molecule has 1 aromatic heterocycles. The fourth-order valence-electron chi connectivity index (χ4n) is 2.04. The van der Waals surface area contributed by atoms with Crippen LogP contribution < -0.4 is 4.74 Å². The van der Waals surface area contributed by atoms with Gasteiger partial charge in [-0.25, -0.2) is 0 Å². The van der Waals surface area contributed by atoms with E-state index in [9.17, 15) is 4.79 Å². The zero-order valence-electron chi connectivity index (χ0n) is 11.5. The smallest absolute Gasteiger partial charge is 0.308 e. The number of carbonyl (C=O) groups excluding carboxylic acids is 1. The van der Waals surface area contributed by atoms with Crippen molar-refractivity contribution in [3.8, 4) is 11.4 Å². The Balaban J connectivity index is 2.16. The molecular formula is C15H11Br2N3O2. The Morgan fingerprint density at radius 1 is 1.14 bits per heavy atom. The van der Waals surface area contributed by atoms with Gasteiger partial charge in [0.2, 0.25) is 0 Å². The summed E-state index contributed by atoms with van der Waals surface area (Å²) in [5.41, 5.74) is 3.12. The average Bonchev–Trinajstić information content (AvgIpc) is 2.90. The molecule has 0 atom stereocenters. The molecule has 0 N–H and O–H groups in total. The van der Waals surface area contributed by atoms with Gasteiger partial charge >= 0.3 is 5.97 Å². The van der Waals surface area contributed by atoms with E-state index in [0.717, 1.165) is 16.6 Å². The number of halogens is 2. The number of ether oxygens (including phenoxy) is 1. The fourth-order valence-corrected chi connectivity index (χ4v) is 2.60. The van der Waals surface area contributed by atoms with Gasteiger partial charge < -0.3 is 4.74 Å². The summed E-state index contributed by atoms with van der Waals surface area (Å²) in [6.45, 7) is 1.36. The van der Waals surface area contributed by atoms with Crippen LogP contribution in [0.25, 0.3) is 16.7 Å². The number of rotatable bonds is 3. The molecule has 0 aliphatic rings. The molecule has 7 heteroatoms. The summed E-state index contributed by atoms with van der Waals surface area (Å²) in [5, 5.41) is 8.87. The molecule has 112 valence electrons. The maximum absolute atomic E-state index is 11.3. The highest BCUT2D eigenvalue weighted by Crippen LogP contribution is 2.33. The number of fused-ring (bicyclic) bond motifs is 1. The zero-order chi connectivity index (χ0) is 15.7. The van der Waals surface area contributed by atoms with E-state index in [0.29, 0.717) is 11.4 Å². The van der Waals surface area contributed by atoms with E-state index in [1.54, 1.807) is 6.07 Å². The lowest BCUT2D eigenvalue weighted by Gasteiger charge is -2.10. The highest BCUT2D eigenvalue weighted by Gasteiger charge is 2.14. The van der Waals surface area contributed by atoms with Crippen molar-refractivity contribution in [2.75, 3.05) is 0 Å². The van der Waals surface area contributed by atoms with Crippen molar-refractivity contribution in [3.05, 3.63) is 48.0 Å². The van der Waals surface area contributed by atoms with Crippen LogP contribution in [0.1, 0.15) is 16.2 Å². The maximum atomic E-state index is 11.3. The number of hydrogen-bond donors (Lipinski definition) is 0. The summed E-state index contributed by atoms with van der Waals surface area (Å²) in [7, 11) is 0. The van der Waals surface area contributed by atoms with Crippen molar-refractivity contribution in [3.63, 3.8) is 0 Å². The monoisotopic (exact) mass is 423 g/mol. The minimum Gasteiger partial charge on any atom is -0.424 e. The molecule has 0 unspecified atom stereocenters. The maximum Gasteiger partial charge on any atom is 0.308 e. The molecule has 5 nitrogen and oxygen atoms in total. The van der Waals surface area contributed by atoms with Gasteiger partial charge in [-0.1, -0.05) is 50.1 Å². The quantitative estimate of drug-likeness (QED) is 0.360. The summed E-state index contributed by atoms with van der Waals surface area (Å²) in [4.78, 5) is 12.8. The first kappa shape index (κ1) is 15.2. The van der Waals surface area contributed by atoms with Crippen LogP contribution in [0.4, 0.5) is 0 Å². The van der Waals surface area contributed by atoms with E-state index in [1.165, 1.54) is 11.7 Å². The molecule has 0 aliphatic heterocycles. The van der Waals surface area contributed by atoms with Gasteiger partial charge in [0.05, 0.1) is 3.74 Å². The molecule has 3 rings (SSSR count). The van der Waals surface area contributed by atoms with Crippen LogP contribution in [-0.4, -0.2) is 21.0 Å². The van der Waals surface area contributed by atoms with Gasteiger partial charge in [0.15, 0.2) is 5.75 Å². The molecule has 2 aromatic carbocycles. The third-order valence-electron chi connectivity index (χ3n) is 2.99.